The van der Waals surface area contributed by atoms with Crippen LogP contribution in [0, 0.1) is 11.8 Å². The van der Waals surface area contributed by atoms with Gasteiger partial charge in [-0.3, -0.25) is 4.79 Å². The number of hydrogen-bond donors (Lipinski definition) is 1. The first-order valence-corrected chi connectivity index (χ1v) is 5.79. The number of carbonyl (C=O) groups is 1. The molecule has 0 rings (SSSR count). The number of rotatable bonds is 7. The van der Waals surface area contributed by atoms with E-state index in [0.29, 0.717) is 5.92 Å². The quantitative estimate of drug-likeness (QED) is 0.650. The molecule has 0 aliphatic heterocycles. The first kappa shape index (κ1) is 14.2. The summed E-state index contributed by atoms with van der Waals surface area (Å²) in [5, 5.41) is 8.73. The van der Waals surface area contributed by atoms with Crippen LogP contribution >= 0.6 is 0 Å². The fourth-order valence-corrected chi connectivity index (χ4v) is 1.46. The number of carboxylic acid groups (broad SMARTS) is 1. The predicted octanol–water partition coefficient (Wildman–Crippen LogP) is 3.87. The van der Waals surface area contributed by atoms with Crippen LogP contribution in [0.15, 0.2) is 11.6 Å². The van der Waals surface area contributed by atoms with Crippen molar-refractivity contribution in [1.82, 2.24) is 0 Å². The highest BCUT2D eigenvalue weighted by Crippen LogP contribution is 2.17. The van der Waals surface area contributed by atoms with Crippen molar-refractivity contribution in [1.29, 1.82) is 0 Å². The smallest absolute Gasteiger partial charge is 0.306 e. The first-order chi connectivity index (χ1) is 6.93. The van der Waals surface area contributed by atoms with Crippen LogP contribution in [0.2, 0.25) is 0 Å². The lowest BCUT2D eigenvalue weighted by Crippen LogP contribution is -2.10. The minimum absolute atomic E-state index is 0.198. The summed E-state index contributed by atoms with van der Waals surface area (Å²) in [5.41, 5.74) is 1.36. The first-order valence-electron chi connectivity index (χ1n) is 5.79. The van der Waals surface area contributed by atoms with E-state index in [9.17, 15) is 4.79 Å². The summed E-state index contributed by atoms with van der Waals surface area (Å²) in [6, 6.07) is 0. The molecule has 0 saturated heterocycles. The molecule has 0 bridgehead atoms. The second-order valence-electron chi connectivity index (χ2n) is 4.78. The van der Waals surface area contributed by atoms with Gasteiger partial charge in [0.25, 0.3) is 0 Å². The molecule has 0 amide bonds. The molecule has 0 aliphatic carbocycles. The van der Waals surface area contributed by atoms with Gasteiger partial charge in [-0.25, -0.2) is 0 Å². The molecule has 88 valence electrons. The highest BCUT2D eigenvalue weighted by molar-refractivity contribution is 5.69. The Morgan fingerprint density at radius 1 is 1.20 bits per heavy atom. The standard InChI is InChI=1S/C13H24O2/c1-10(2)6-5-7-11(3)8-9-12(4)13(14)15/h6,11-12H,5,7-9H2,1-4H3,(H,14,15)/t11-,12-/m1/s1. The molecule has 0 aromatic rings. The lowest BCUT2D eigenvalue weighted by atomic mass is 9.94. The van der Waals surface area contributed by atoms with Crippen LogP contribution in [0.5, 0.6) is 0 Å². The largest absolute Gasteiger partial charge is 0.481 e. The van der Waals surface area contributed by atoms with Crippen LogP contribution in [0.25, 0.3) is 0 Å². The lowest BCUT2D eigenvalue weighted by molar-refractivity contribution is -0.141. The van der Waals surface area contributed by atoms with Gasteiger partial charge in [0.2, 0.25) is 0 Å². The summed E-state index contributed by atoms with van der Waals surface area (Å²) in [7, 11) is 0. The van der Waals surface area contributed by atoms with Gasteiger partial charge >= 0.3 is 5.97 Å². The predicted molar refractivity (Wildman–Crippen MR) is 63.9 cm³/mol. The van der Waals surface area contributed by atoms with E-state index < -0.39 is 5.97 Å². The summed E-state index contributed by atoms with van der Waals surface area (Å²) in [6.45, 7) is 8.20. The van der Waals surface area contributed by atoms with Crippen LogP contribution in [0.4, 0.5) is 0 Å². The minimum Gasteiger partial charge on any atom is -0.481 e. The van der Waals surface area contributed by atoms with Gasteiger partial charge in [0.15, 0.2) is 0 Å². The van der Waals surface area contributed by atoms with Crippen LogP contribution in [0.1, 0.15) is 53.4 Å². The Morgan fingerprint density at radius 3 is 2.27 bits per heavy atom. The molecular formula is C13H24O2. The topological polar surface area (TPSA) is 37.3 Å². The third-order valence-corrected chi connectivity index (χ3v) is 2.73. The molecule has 2 nitrogen and oxygen atoms in total. The zero-order valence-electron chi connectivity index (χ0n) is 10.4. The van der Waals surface area contributed by atoms with Crippen molar-refractivity contribution in [2.45, 2.75) is 53.4 Å². The monoisotopic (exact) mass is 212 g/mol. The molecule has 0 fully saturated rings. The molecule has 0 spiro atoms. The van der Waals surface area contributed by atoms with Crippen molar-refractivity contribution >= 4 is 5.97 Å². The van der Waals surface area contributed by atoms with Crippen LogP contribution in [-0.2, 0) is 4.79 Å². The van der Waals surface area contributed by atoms with Crippen LogP contribution in [-0.4, -0.2) is 11.1 Å². The maximum Gasteiger partial charge on any atom is 0.306 e. The second kappa shape index (κ2) is 7.49. The zero-order valence-corrected chi connectivity index (χ0v) is 10.4. The van der Waals surface area contributed by atoms with Gasteiger partial charge in [-0.2, -0.15) is 0 Å². The van der Waals surface area contributed by atoms with E-state index in [-0.39, 0.29) is 5.92 Å². The van der Waals surface area contributed by atoms with Gasteiger partial charge in [0.05, 0.1) is 5.92 Å². The normalized spacial score (nSPS) is 14.4. The molecule has 0 saturated carbocycles. The van der Waals surface area contributed by atoms with Crippen LogP contribution in [0.3, 0.4) is 0 Å². The number of hydrogen-bond acceptors (Lipinski definition) is 1. The van der Waals surface area contributed by atoms with E-state index >= 15 is 0 Å². The van der Waals surface area contributed by atoms with E-state index in [1.165, 1.54) is 5.57 Å². The van der Waals surface area contributed by atoms with Crippen LogP contribution < -0.4 is 0 Å². The lowest BCUT2D eigenvalue weighted by Gasteiger charge is -2.11. The third kappa shape index (κ3) is 8.22. The van der Waals surface area contributed by atoms with Gasteiger partial charge < -0.3 is 5.11 Å². The molecular weight excluding hydrogens is 188 g/mol. The Labute approximate surface area is 93.4 Å². The van der Waals surface area contributed by atoms with Crippen molar-refractivity contribution in [2.75, 3.05) is 0 Å². The minimum atomic E-state index is -0.675. The molecule has 1 N–H and O–H groups in total. The van der Waals surface area contributed by atoms with E-state index in [1.54, 1.807) is 6.92 Å². The van der Waals surface area contributed by atoms with E-state index in [2.05, 4.69) is 26.8 Å². The third-order valence-electron chi connectivity index (χ3n) is 2.73. The average Bonchev–Trinajstić information content (AvgIpc) is 2.13. The number of carboxylic acids is 1. The Bertz CT molecular complexity index is 215. The number of aliphatic carboxylic acids is 1. The highest BCUT2D eigenvalue weighted by Gasteiger charge is 2.12. The highest BCUT2D eigenvalue weighted by atomic mass is 16.4. The molecule has 2 atom stereocenters. The molecule has 15 heavy (non-hydrogen) atoms. The average molecular weight is 212 g/mol. The maximum atomic E-state index is 10.6. The summed E-state index contributed by atoms with van der Waals surface area (Å²) in [6.07, 6.45) is 6.34. The molecule has 2 heteroatoms. The van der Waals surface area contributed by atoms with Gasteiger partial charge in [0.1, 0.15) is 0 Å². The van der Waals surface area contributed by atoms with E-state index in [0.717, 1.165) is 25.7 Å². The van der Waals surface area contributed by atoms with Gasteiger partial charge in [-0.1, -0.05) is 25.5 Å². The fourth-order valence-electron chi connectivity index (χ4n) is 1.46. The Kier molecular flexibility index (Phi) is 7.10. The molecule has 0 aromatic heterocycles. The fraction of sp³-hybridized carbons (Fsp3) is 0.769. The van der Waals surface area contributed by atoms with Crippen molar-refractivity contribution in [3.63, 3.8) is 0 Å². The SMILES string of the molecule is CC(C)=CCC[C@@H](C)CC[C@@H](C)C(=O)O. The van der Waals surface area contributed by atoms with Gasteiger partial charge in [-0.15, -0.1) is 0 Å². The summed E-state index contributed by atoms with van der Waals surface area (Å²) < 4.78 is 0. The van der Waals surface area contributed by atoms with Gasteiger partial charge in [-0.05, 0) is 45.4 Å². The van der Waals surface area contributed by atoms with E-state index in [4.69, 9.17) is 5.11 Å². The van der Waals surface area contributed by atoms with Crippen molar-refractivity contribution in [2.24, 2.45) is 11.8 Å². The molecule has 0 radical (unpaired) electrons. The molecule has 0 unspecified atom stereocenters. The summed E-state index contributed by atoms with van der Waals surface area (Å²) in [4.78, 5) is 10.6. The summed E-state index contributed by atoms with van der Waals surface area (Å²) in [5.74, 6) is -0.246. The molecule has 0 aromatic carbocycles. The Morgan fingerprint density at radius 2 is 1.80 bits per heavy atom. The van der Waals surface area contributed by atoms with Crippen molar-refractivity contribution in [3.05, 3.63) is 11.6 Å². The Hall–Kier alpha value is -0.790. The van der Waals surface area contributed by atoms with Crippen molar-refractivity contribution in [3.8, 4) is 0 Å². The summed E-state index contributed by atoms with van der Waals surface area (Å²) >= 11 is 0. The Balaban J connectivity index is 3.62. The number of allylic oxidation sites excluding steroid dienone is 2. The molecule has 0 aliphatic rings. The van der Waals surface area contributed by atoms with Crippen molar-refractivity contribution < 1.29 is 9.90 Å². The van der Waals surface area contributed by atoms with Gasteiger partial charge in [0, 0.05) is 0 Å². The molecule has 0 heterocycles. The maximum absolute atomic E-state index is 10.6. The second-order valence-corrected chi connectivity index (χ2v) is 4.78. The zero-order chi connectivity index (χ0) is 11.8. The van der Waals surface area contributed by atoms with E-state index in [1.807, 2.05) is 0 Å².